The molecule has 33 heavy (non-hydrogen) atoms. The molecule has 0 aromatic heterocycles. The molecule has 0 saturated carbocycles. The van der Waals surface area contributed by atoms with Crippen LogP contribution in [0.2, 0.25) is 5.02 Å². The molecule has 0 bridgehead atoms. The van der Waals surface area contributed by atoms with E-state index in [1.165, 1.54) is 11.8 Å². The molecule has 1 aliphatic heterocycles. The van der Waals surface area contributed by atoms with Gasteiger partial charge in [0.1, 0.15) is 12.4 Å². The van der Waals surface area contributed by atoms with E-state index >= 15 is 0 Å². The quantitative estimate of drug-likeness (QED) is 0.339. The van der Waals surface area contributed by atoms with Gasteiger partial charge in [0.2, 0.25) is 0 Å². The standard InChI is InChI=1S/C27H25ClN2O2S/c1-19(2)17-30-26(31)25(33-27(30)29-23-12-10-22(28)11-13-23)16-20-8-14-24(15-9-20)32-18-21-6-4-3-5-7-21/h3-16,19H,17-18H2,1-2H3/b25-16-,29-27?. The number of hydrogen-bond acceptors (Lipinski definition) is 4. The summed E-state index contributed by atoms with van der Waals surface area (Å²) in [4.78, 5) is 20.3. The molecular weight excluding hydrogens is 452 g/mol. The molecule has 1 heterocycles. The van der Waals surface area contributed by atoms with Gasteiger partial charge in [0.25, 0.3) is 5.91 Å². The number of halogens is 1. The number of hydrogen-bond donors (Lipinski definition) is 0. The molecule has 3 aromatic carbocycles. The maximum atomic E-state index is 13.1. The lowest BCUT2D eigenvalue weighted by atomic mass is 10.2. The van der Waals surface area contributed by atoms with E-state index in [-0.39, 0.29) is 5.91 Å². The summed E-state index contributed by atoms with van der Waals surface area (Å²) in [5.74, 6) is 1.09. The molecule has 3 aromatic rings. The van der Waals surface area contributed by atoms with Crippen LogP contribution in [0, 0.1) is 5.92 Å². The number of carbonyl (C=O) groups is 1. The van der Waals surface area contributed by atoms with Crippen molar-refractivity contribution < 1.29 is 9.53 Å². The SMILES string of the molecule is CC(C)CN1C(=O)/C(=C/c2ccc(OCc3ccccc3)cc2)SC1=Nc1ccc(Cl)cc1. The molecule has 1 fully saturated rings. The average Bonchev–Trinajstić information content (AvgIpc) is 3.09. The molecule has 1 saturated heterocycles. The fraction of sp³-hybridized carbons (Fsp3) is 0.185. The predicted octanol–water partition coefficient (Wildman–Crippen LogP) is 7.18. The number of nitrogens with zero attached hydrogens (tertiary/aromatic N) is 2. The minimum Gasteiger partial charge on any atom is -0.489 e. The lowest BCUT2D eigenvalue weighted by Crippen LogP contribution is -2.32. The van der Waals surface area contributed by atoms with Crippen molar-refractivity contribution in [2.24, 2.45) is 10.9 Å². The molecule has 6 heteroatoms. The highest BCUT2D eigenvalue weighted by molar-refractivity contribution is 8.18. The highest BCUT2D eigenvalue weighted by atomic mass is 35.5. The highest BCUT2D eigenvalue weighted by Crippen LogP contribution is 2.35. The second-order valence-electron chi connectivity index (χ2n) is 8.13. The smallest absolute Gasteiger partial charge is 0.266 e. The monoisotopic (exact) mass is 476 g/mol. The van der Waals surface area contributed by atoms with Gasteiger partial charge >= 0.3 is 0 Å². The van der Waals surface area contributed by atoms with Crippen LogP contribution in [-0.4, -0.2) is 22.5 Å². The summed E-state index contributed by atoms with van der Waals surface area (Å²) in [5, 5.41) is 1.34. The molecular formula is C27H25ClN2O2S. The van der Waals surface area contributed by atoms with Gasteiger partial charge in [-0.05, 0) is 71.3 Å². The number of benzene rings is 3. The van der Waals surface area contributed by atoms with Crippen molar-refractivity contribution in [1.29, 1.82) is 0 Å². The van der Waals surface area contributed by atoms with Gasteiger partial charge in [-0.15, -0.1) is 0 Å². The summed E-state index contributed by atoms with van der Waals surface area (Å²) in [5.41, 5.74) is 2.83. The Morgan fingerprint density at radius 2 is 1.70 bits per heavy atom. The fourth-order valence-corrected chi connectivity index (χ4v) is 4.43. The molecule has 0 atom stereocenters. The largest absolute Gasteiger partial charge is 0.489 e. The van der Waals surface area contributed by atoms with Gasteiger partial charge in [-0.25, -0.2) is 4.99 Å². The van der Waals surface area contributed by atoms with E-state index in [2.05, 4.69) is 13.8 Å². The van der Waals surface area contributed by atoms with Gasteiger partial charge in [-0.2, -0.15) is 0 Å². The minimum atomic E-state index is -0.0224. The highest BCUT2D eigenvalue weighted by Gasteiger charge is 2.33. The lowest BCUT2D eigenvalue weighted by molar-refractivity contribution is -0.122. The van der Waals surface area contributed by atoms with E-state index < -0.39 is 0 Å². The van der Waals surface area contributed by atoms with Crippen LogP contribution in [0.15, 0.2) is 88.8 Å². The molecule has 0 unspecified atom stereocenters. The summed E-state index contributed by atoms with van der Waals surface area (Å²) in [6.07, 6.45) is 1.91. The Hall–Kier alpha value is -3.02. The van der Waals surface area contributed by atoms with E-state index in [0.717, 1.165) is 22.6 Å². The van der Waals surface area contributed by atoms with Gasteiger partial charge in [0.05, 0.1) is 10.6 Å². The van der Waals surface area contributed by atoms with Crippen molar-refractivity contribution in [2.75, 3.05) is 6.54 Å². The third-order valence-corrected chi connectivity index (χ3v) is 6.17. The number of carbonyl (C=O) groups excluding carboxylic acids is 1. The van der Waals surface area contributed by atoms with Gasteiger partial charge in [0, 0.05) is 11.6 Å². The third-order valence-electron chi connectivity index (χ3n) is 4.91. The molecule has 0 N–H and O–H groups in total. The molecule has 4 rings (SSSR count). The Morgan fingerprint density at radius 1 is 1.00 bits per heavy atom. The van der Waals surface area contributed by atoms with Crippen LogP contribution in [0.3, 0.4) is 0 Å². The van der Waals surface area contributed by atoms with E-state index in [0.29, 0.717) is 34.2 Å². The number of amidine groups is 1. The fourth-order valence-electron chi connectivity index (χ4n) is 3.30. The Morgan fingerprint density at radius 3 is 2.36 bits per heavy atom. The van der Waals surface area contributed by atoms with Crippen molar-refractivity contribution in [3.8, 4) is 5.75 Å². The Bertz CT molecular complexity index is 1160. The van der Waals surface area contributed by atoms with Crippen LogP contribution >= 0.6 is 23.4 Å². The van der Waals surface area contributed by atoms with Crippen molar-refractivity contribution in [2.45, 2.75) is 20.5 Å². The Kier molecular flexibility index (Phi) is 7.53. The van der Waals surface area contributed by atoms with Crippen molar-refractivity contribution in [1.82, 2.24) is 4.90 Å². The zero-order chi connectivity index (χ0) is 23.2. The summed E-state index contributed by atoms with van der Waals surface area (Å²) in [7, 11) is 0. The van der Waals surface area contributed by atoms with Crippen molar-refractivity contribution in [3.05, 3.63) is 99.9 Å². The van der Waals surface area contributed by atoms with Crippen LogP contribution in [0.1, 0.15) is 25.0 Å². The van der Waals surface area contributed by atoms with Crippen molar-refractivity contribution >= 4 is 46.2 Å². The maximum Gasteiger partial charge on any atom is 0.266 e. The first kappa shape index (κ1) is 23.1. The first-order chi connectivity index (χ1) is 16.0. The van der Waals surface area contributed by atoms with Gasteiger partial charge in [-0.1, -0.05) is 67.9 Å². The first-order valence-corrected chi connectivity index (χ1v) is 12.0. The van der Waals surface area contributed by atoms with E-state index in [4.69, 9.17) is 21.3 Å². The van der Waals surface area contributed by atoms with E-state index in [9.17, 15) is 4.79 Å². The van der Waals surface area contributed by atoms with Gasteiger partial charge in [0.15, 0.2) is 5.17 Å². The van der Waals surface area contributed by atoms with Crippen LogP contribution in [0.4, 0.5) is 5.69 Å². The molecule has 1 aliphatic rings. The topological polar surface area (TPSA) is 41.9 Å². The van der Waals surface area contributed by atoms with Gasteiger partial charge in [-0.3, -0.25) is 9.69 Å². The molecule has 168 valence electrons. The number of ether oxygens (including phenoxy) is 1. The van der Waals surface area contributed by atoms with Crippen molar-refractivity contribution in [3.63, 3.8) is 0 Å². The van der Waals surface area contributed by atoms with Gasteiger partial charge < -0.3 is 4.74 Å². The maximum absolute atomic E-state index is 13.1. The Balaban J connectivity index is 1.50. The summed E-state index contributed by atoms with van der Waals surface area (Å²) in [6.45, 7) is 5.31. The molecule has 1 amide bonds. The Labute approximate surface area is 203 Å². The molecule has 0 aliphatic carbocycles. The van der Waals surface area contributed by atoms with E-state index in [1.54, 1.807) is 17.0 Å². The van der Waals surface area contributed by atoms with Crippen LogP contribution in [-0.2, 0) is 11.4 Å². The summed E-state index contributed by atoms with van der Waals surface area (Å²) < 4.78 is 5.86. The van der Waals surface area contributed by atoms with E-state index in [1.807, 2.05) is 72.8 Å². The molecule has 4 nitrogen and oxygen atoms in total. The molecule has 0 spiro atoms. The van der Waals surface area contributed by atoms with Crippen LogP contribution in [0.25, 0.3) is 6.08 Å². The second-order valence-corrected chi connectivity index (χ2v) is 9.58. The average molecular weight is 477 g/mol. The van der Waals surface area contributed by atoms with Crippen LogP contribution in [0.5, 0.6) is 5.75 Å². The van der Waals surface area contributed by atoms with Crippen LogP contribution < -0.4 is 4.74 Å². The summed E-state index contributed by atoms with van der Waals surface area (Å²) >= 11 is 7.39. The predicted molar refractivity (Wildman–Crippen MR) is 138 cm³/mol. The number of amides is 1. The number of aliphatic imine (C=N–C) groups is 1. The lowest BCUT2D eigenvalue weighted by Gasteiger charge is -2.17. The second kappa shape index (κ2) is 10.7. The zero-order valence-electron chi connectivity index (χ0n) is 18.6. The number of rotatable bonds is 7. The normalized spacial score (nSPS) is 16.2. The summed E-state index contributed by atoms with van der Waals surface area (Å²) in [6, 6.07) is 25.1. The molecule has 0 radical (unpaired) electrons. The zero-order valence-corrected chi connectivity index (χ0v) is 20.1. The number of thioether (sulfide) groups is 1. The third kappa shape index (κ3) is 6.28. The first-order valence-electron chi connectivity index (χ1n) is 10.8. The minimum absolute atomic E-state index is 0.0224.